The molecule has 2 amide bonds. The van der Waals surface area contributed by atoms with Crippen molar-refractivity contribution in [2.24, 2.45) is 0 Å². The highest BCUT2D eigenvalue weighted by molar-refractivity contribution is 6.05. The average Bonchev–Trinajstić information content (AvgIpc) is 2.78. The van der Waals surface area contributed by atoms with Crippen LogP contribution in [0.4, 0.5) is 5.69 Å². The van der Waals surface area contributed by atoms with E-state index in [9.17, 15) is 9.59 Å². The highest BCUT2D eigenvalue weighted by Crippen LogP contribution is 2.18. The van der Waals surface area contributed by atoms with Crippen molar-refractivity contribution < 1.29 is 14.3 Å². The van der Waals surface area contributed by atoms with Crippen LogP contribution in [-0.4, -0.2) is 56.1 Å². The van der Waals surface area contributed by atoms with E-state index >= 15 is 0 Å². The molecule has 0 unspecified atom stereocenters. The second kappa shape index (κ2) is 10.5. The number of nitrogens with one attached hydrogen (secondary N) is 2. The standard InChI is InChI=1S/C23H26N4O3/c1-17-3-6-20(22(28)25-9-2-10-27-11-13-30-14-12-27)15-21(17)26-23(29)19-7-4-18(16-24)5-8-19/h3-8,15H,2,9-14H2,1H3,(H,25,28)(H,26,29). The zero-order chi connectivity index (χ0) is 21.3. The van der Waals surface area contributed by atoms with E-state index in [1.54, 1.807) is 36.4 Å². The van der Waals surface area contributed by atoms with E-state index in [1.807, 2.05) is 19.1 Å². The van der Waals surface area contributed by atoms with Crippen LogP contribution in [0, 0.1) is 18.3 Å². The number of carbonyl (C=O) groups excluding carboxylic acids is 2. The Hall–Kier alpha value is -3.21. The first kappa shape index (κ1) is 21.5. The van der Waals surface area contributed by atoms with Crippen LogP contribution in [-0.2, 0) is 4.74 Å². The van der Waals surface area contributed by atoms with Crippen molar-refractivity contribution in [2.75, 3.05) is 44.7 Å². The summed E-state index contributed by atoms with van der Waals surface area (Å²) in [4.78, 5) is 27.3. The van der Waals surface area contributed by atoms with Crippen LogP contribution in [0.5, 0.6) is 0 Å². The van der Waals surface area contributed by atoms with Crippen LogP contribution in [0.2, 0.25) is 0 Å². The molecule has 0 aliphatic carbocycles. The lowest BCUT2D eigenvalue weighted by molar-refractivity contribution is 0.0374. The molecule has 1 fully saturated rings. The second-order valence-corrected chi connectivity index (χ2v) is 7.24. The molecular formula is C23H26N4O3. The first-order chi connectivity index (χ1) is 14.6. The Balaban J connectivity index is 1.54. The Bertz CT molecular complexity index is 928. The minimum atomic E-state index is -0.286. The molecule has 7 heteroatoms. The molecule has 156 valence electrons. The molecule has 2 aromatic carbocycles. The van der Waals surface area contributed by atoms with E-state index in [1.165, 1.54) is 0 Å². The summed E-state index contributed by atoms with van der Waals surface area (Å²) in [6.07, 6.45) is 0.875. The van der Waals surface area contributed by atoms with Gasteiger partial charge in [0.2, 0.25) is 0 Å². The van der Waals surface area contributed by atoms with E-state index in [4.69, 9.17) is 10.00 Å². The number of hydrogen-bond acceptors (Lipinski definition) is 5. The zero-order valence-corrected chi connectivity index (χ0v) is 17.1. The van der Waals surface area contributed by atoms with Gasteiger partial charge in [0.15, 0.2) is 0 Å². The van der Waals surface area contributed by atoms with Gasteiger partial charge in [-0.25, -0.2) is 0 Å². The lowest BCUT2D eigenvalue weighted by atomic mass is 10.1. The third kappa shape index (κ3) is 5.89. The van der Waals surface area contributed by atoms with Crippen LogP contribution in [0.3, 0.4) is 0 Å². The van der Waals surface area contributed by atoms with Gasteiger partial charge in [-0.15, -0.1) is 0 Å². The zero-order valence-electron chi connectivity index (χ0n) is 17.1. The minimum Gasteiger partial charge on any atom is -0.379 e. The van der Waals surface area contributed by atoms with Gasteiger partial charge in [0.05, 0.1) is 24.8 Å². The molecule has 3 rings (SSSR count). The van der Waals surface area contributed by atoms with Gasteiger partial charge in [0, 0.05) is 36.4 Å². The smallest absolute Gasteiger partial charge is 0.255 e. The fourth-order valence-corrected chi connectivity index (χ4v) is 3.22. The van der Waals surface area contributed by atoms with Crippen molar-refractivity contribution in [3.63, 3.8) is 0 Å². The molecule has 1 aliphatic rings. The van der Waals surface area contributed by atoms with E-state index in [2.05, 4.69) is 15.5 Å². The summed E-state index contributed by atoms with van der Waals surface area (Å²) in [5.74, 6) is -0.448. The number of rotatable bonds is 7. The van der Waals surface area contributed by atoms with Gasteiger partial charge in [0.25, 0.3) is 11.8 Å². The highest BCUT2D eigenvalue weighted by Gasteiger charge is 2.13. The SMILES string of the molecule is Cc1ccc(C(=O)NCCCN2CCOCC2)cc1NC(=O)c1ccc(C#N)cc1. The summed E-state index contributed by atoms with van der Waals surface area (Å²) in [5, 5.41) is 14.7. The fraction of sp³-hybridized carbons (Fsp3) is 0.348. The maximum atomic E-state index is 12.5. The number of ether oxygens (including phenoxy) is 1. The molecule has 0 aromatic heterocycles. The number of anilines is 1. The van der Waals surface area contributed by atoms with E-state index in [0.29, 0.717) is 28.9 Å². The van der Waals surface area contributed by atoms with Crippen molar-refractivity contribution in [3.05, 3.63) is 64.7 Å². The first-order valence-corrected chi connectivity index (χ1v) is 10.1. The second-order valence-electron chi connectivity index (χ2n) is 7.24. The van der Waals surface area contributed by atoms with Crippen LogP contribution < -0.4 is 10.6 Å². The molecule has 0 atom stereocenters. The largest absolute Gasteiger partial charge is 0.379 e. The van der Waals surface area contributed by atoms with Crippen LogP contribution >= 0.6 is 0 Å². The number of benzene rings is 2. The minimum absolute atomic E-state index is 0.161. The van der Waals surface area contributed by atoms with Gasteiger partial charge in [-0.1, -0.05) is 6.07 Å². The predicted molar refractivity (Wildman–Crippen MR) is 114 cm³/mol. The Kier molecular flexibility index (Phi) is 7.55. The number of hydrogen-bond donors (Lipinski definition) is 2. The molecule has 1 saturated heterocycles. The van der Waals surface area contributed by atoms with Crippen molar-refractivity contribution >= 4 is 17.5 Å². The quantitative estimate of drug-likeness (QED) is 0.689. The van der Waals surface area contributed by atoms with Crippen LogP contribution in [0.1, 0.15) is 38.3 Å². The summed E-state index contributed by atoms with van der Waals surface area (Å²) in [5.41, 5.74) is 2.90. The maximum Gasteiger partial charge on any atom is 0.255 e. The van der Waals surface area contributed by atoms with Gasteiger partial charge >= 0.3 is 0 Å². The van der Waals surface area contributed by atoms with Crippen molar-refractivity contribution in [1.82, 2.24) is 10.2 Å². The molecule has 2 N–H and O–H groups in total. The third-order valence-corrected chi connectivity index (χ3v) is 5.06. The summed E-state index contributed by atoms with van der Waals surface area (Å²) in [7, 11) is 0. The molecule has 0 saturated carbocycles. The van der Waals surface area contributed by atoms with Crippen molar-refractivity contribution in [3.8, 4) is 6.07 Å². The molecule has 0 bridgehead atoms. The van der Waals surface area contributed by atoms with Crippen molar-refractivity contribution in [2.45, 2.75) is 13.3 Å². The average molecular weight is 406 g/mol. The van der Waals surface area contributed by atoms with Gasteiger partial charge in [-0.3, -0.25) is 14.5 Å². The predicted octanol–water partition coefficient (Wildman–Crippen LogP) is 2.57. The number of carbonyl (C=O) groups is 2. The summed E-state index contributed by atoms with van der Waals surface area (Å²) in [6, 6.07) is 13.7. The topological polar surface area (TPSA) is 94.5 Å². The maximum absolute atomic E-state index is 12.5. The van der Waals surface area contributed by atoms with Crippen molar-refractivity contribution in [1.29, 1.82) is 5.26 Å². The summed E-state index contributed by atoms with van der Waals surface area (Å²) >= 11 is 0. The molecule has 2 aromatic rings. The lowest BCUT2D eigenvalue weighted by Gasteiger charge is -2.26. The van der Waals surface area contributed by atoms with Gasteiger partial charge < -0.3 is 15.4 Å². The first-order valence-electron chi connectivity index (χ1n) is 10.1. The Labute approximate surface area is 176 Å². The van der Waals surface area contributed by atoms with E-state index in [0.717, 1.165) is 44.8 Å². The highest BCUT2D eigenvalue weighted by atomic mass is 16.5. The lowest BCUT2D eigenvalue weighted by Crippen LogP contribution is -2.38. The summed E-state index contributed by atoms with van der Waals surface area (Å²) in [6.45, 7) is 6.82. The monoisotopic (exact) mass is 406 g/mol. The molecule has 1 heterocycles. The third-order valence-electron chi connectivity index (χ3n) is 5.06. The Morgan fingerprint density at radius 3 is 2.47 bits per heavy atom. The molecule has 1 aliphatic heterocycles. The molecule has 7 nitrogen and oxygen atoms in total. The molecular weight excluding hydrogens is 380 g/mol. The number of aryl methyl sites for hydroxylation is 1. The van der Waals surface area contributed by atoms with Gasteiger partial charge in [-0.2, -0.15) is 5.26 Å². The van der Waals surface area contributed by atoms with Gasteiger partial charge in [-0.05, 0) is 61.9 Å². The number of morpholine rings is 1. The summed E-state index contributed by atoms with van der Waals surface area (Å²) < 4.78 is 5.33. The molecule has 0 spiro atoms. The van der Waals surface area contributed by atoms with E-state index < -0.39 is 0 Å². The number of nitriles is 1. The Morgan fingerprint density at radius 2 is 1.77 bits per heavy atom. The number of nitrogens with zero attached hydrogens (tertiary/aromatic N) is 2. The van der Waals surface area contributed by atoms with Crippen LogP contribution in [0.25, 0.3) is 0 Å². The molecule has 0 radical (unpaired) electrons. The van der Waals surface area contributed by atoms with E-state index in [-0.39, 0.29) is 11.8 Å². The normalized spacial score (nSPS) is 14.0. The number of amides is 2. The van der Waals surface area contributed by atoms with Crippen LogP contribution in [0.15, 0.2) is 42.5 Å². The van der Waals surface area contributed by atoms with Gasteiger partial charge in [0.1, 0.15) is 0 Å². The fourth-order valence-electron chi connectivity index (χ4n) is 3.22. The Morgan fingerprint density at radius 1 is 1.07 bits per heavy atom. The molecule has 30 heavy (non-hydrogen) atoms.